The lowest BCUT2D eigenvalue weighted by Crippen LogP contribution is -2.42. The highest BCUT2D eigenvalue weighted by molar-refractivity contribution is 6.29. The molecule has 1 aromatic carbocycles. The lowest BCUT2D eigenvalue weighted by Gasteiger charge is -2.36. The average Bonchev–Trinajstić information content (AvgIpc) is 3.05. The molecule has 1 N–H and O–H groups in total. The second-order valence-electron chi connectivity index (χ2n) is 6.30. The quantitative estimate of drug-likeness (QED) is 0.866. The van der Waals surface area contributed by atoms with Crippen molar-refractivity contribution in [2.75, 3.05) is 19.9 Å². The number of hydrogen-bond acceptors (Lipinski definition) is 5. The van der Waals surface area contributed by atoms with E-state index >= 15 is 0 Å². The Morgan fingerprint density at radius 2 is 2.08 bits per heavy atom. The molecule has 0 aliphatic carbocycles. The van der Waals surface area contributed by atoms with Crippen molar-refractivity contribution in [3.8, 4) is 11.5 Å². The molecule has 0 bridgehead atoms. The number of pyridine rings is 1. The number of benzene rings is 1. The molecule has 1 fully saturated rings. The molecule has 3 heterocycles. The minimum atomic E-state index is -0.403. The molecule has 0 spiro atoms. The van der Waals surface area contributed by atoms with Crippen LogP contribution in [0.15, 0.2) is 36.5 Å². The van der Waals surface area contributed by atoms with Crippen LogP contribution in [-0.4, -0.2) is 41.0 Å². The summed E-state index contributed by atoms with van der Waals surface area (Å²) in [6.07, 6.45) is 2.29. The summed E-state index contributed by atoms with van der Waals surface area (Å²) < 4.78 is 10.8. The van der Waals surface area contributed by atoms with Gasteiger partial charge >= 0.3 is 0 Å². The Kier molecular flexibility index (Phi) is 4.31. The first kappa shape index (κ1) is 15.7. The number of likely N-dealkylation sites (tertiary alicyclic amines) is 1. The van der Waals surface area contributed by atoms with Gasteiger partial charge in [0.25, 0.3) is 0 Å². The van der Waals surface area contributed by atoms with Gasteiger partial charge in [-0.15, -0.1) is 0 Å². The third kappa shape index (κ3) is 3.20. The number of aliphatic hydroxyl groups excluding tert-OH is 1. The molecule has 1 aromatic heterocycles. The molecule has 2 atom stereocenters. The molecule has 2 aromatic rings. The molecule has 6 heteroatoms. The summed E-state index contributed by atoms with van der Waals surface area (Å²) >= 11 is 5.82. The fourth-order valence-electron chi connectivity index (χ4n) is 3.43. The number of fused-ring (bicyclic) bond motifs is 1. The SMILES string of the molecule is O[C@@H]1CN(Cc2ccc(Cl)nc2)CC[C@H]1c1ccc2c(c1)OCO2. The van der Waals surface area contributed by atoms with Crippen molar-refractivity contribution in [1.29, 1.82) is 0 Å². The van der Waals surface area contributed by atoms with E-state index in [1.54, 1.807) is 12.3 Å². The zero-order valence-electron chi connectivity index (χ0n) is 13.2. The van der Waals surface area contributed by atoms with Gasteiger partial charge < -0.3 is 14.6 Å². The fourth-order valence-corrected chi connectivity index (χ4v) is 3.54. The number of nitrogens with zero attached hydrogens (tertiary/aromatic N) is 2. The topological polar surface area (TPSA) is 54.8 Å². The second kappa shape index (κ2) is 6.59. The third-order valence-electron chi connectivity index (χ3n) is 4.69. The van der Waals surface area contributed by atoms with Crippen LogP contribution in [0.5, 0.6) is 11.5 Å². The third-order valence-corrected chi connectivity index (χ3v) is 4.91. The van der Waals surface area contributed by atoms with E-state index in [1.165, 1.54) is 0 Å². The van der Waals surface area contributed by atoms with Gasteiger partial charge in [0.05, 0.1) is 6.10 Å². The summed E-state index contributed by atoms with van der Waals surface area (Å²) in [5.74, 6) is 1.68. The smallest absolute Gasteiger partial charge is 0.231 e. The number of aromatic nitrogens is 1. The second-order valence-corrected chi connectivity index (χ2v) is 6.69. The Bertz CT molecular complexity index is 723. The predicted octanol–water partition coefficient (Wildman–Crippen LogP) is 2.81. The van der Waals surface area contributed by atoms with Crippen LogP contribution in [0.1, 0.15) is 23.5 Å². The number of hydrogen-bond donors (Lipinski definition) is 1. The molecule has 126 valence electrons. The van der Waals surface area contributed by atoms with Crippen LogP contribution in [-0.2, 0) is 6.54 Å². The summed E-state index contributed by atoms with van der Waals surface area (Å²) in [6.45, 7) is 2.62. The van der Waals surface area contributed by atoms with Gasteiger partial charge in [0.15, 0.2) is 11.5 Å². The molecule has 2 aliphatic rings. The minimum Gasteiger partial charge on any atom is -0.454 e. The van der Waals surface area contributed by atoms with Gasteiger partial charge in [-0.3, -0.25) is 4.90 Å². The zero-order valence-corrected chi connectivity index (χ0v) is 13.9. The van der Waals surface area contributed by atoms with Crippen LogP contribution in [0.3, 0.4) is 0 Å². The van der Waals surface area contributed by atoms with Gasteiger partial charge in [-0.05, 0) is 42.3 Å². The first-order chi connectivity index (χ1) is 11.7. The Labute approximate surface area is 145 Å². The molecule has 5 nitrogen and oxygen atoms in total. The maximum atomic E-state index is 10.6. The Balaban J connectivity index is 1.42. The number of piperidine rings is 1. The molecule has 4 rings (SSSR count). The number of ether oxygens (including phenoxy) is 2. The number of halogens is 1. The van der Waals surface area contributed by atoms with E-state index in [0.29, 0.717) is 11.7 Å². The maximum Gasteiger partial charge on any atom is 0.231 e. The van der Waals surface area contributed by atoms with Gasteiger partial charge in [-0.25, -0.2) is 4.98 Å². The van der Waals surface area contributed by atoms with Gasteiger partial charge in [-0.1, -0.05) is 23.7 Å². The fraction of sp³-hybridized carbons (Fsp3) is 0.389. The van der Waals surface area contributed by atoms with Crippen LogP contribution >= 0.6 is 11.6 Å². The monoisotopic (exact) mass is 346 g/mol. The van der Waals surface area contributed by atoms with Crippen molar-refractivity contribution in [1.82, 2.24) is 9.88 Å². The van der Waals surface area contributed by atoms with Crippen LogP contribution in [0.2, 0.25) is 5.15 Å². The van der Waals surface area contributed by atoms with Gasteiger partial charge in [0.2, 0.25) is 6.79 Å². The van der Waals surface area contributed by atoms with Crippen LogP contribution in [0, 0.1) is 0 Å². The van der Waals surface area contributed by atoms with E-state index in [2.05, 4.69) is 9.88 Å². The zero-order chi connectivity index (χ0) is 16.5. The van der Waals surface area contributed by atoms with Gasteiger partial charge in [0.1, 0.15) is 5.15 Å². The molecule has 0 amide bonds. The molecule has 2 aliphatic heterocycles. The first-order valence-corrected chi connectivity index (χ1v) is 8.47. The predicted molar refractivity (Wildman–Crippen MR) is 90.5 cm³/mol. The van der Waals surface area contributed by atoms with Crippen molar-refractivity contribution >= 4 is 11.6 Å². The van der Waals surface area contributed by atoms with Gasteiger partial charge in [-0.2, -0.15) is 0 Å². The van der Waals surface area contributed by atoms with Crippen LogP contribution < -0.4 is 9.47 Å². The Hall–Kier alpha value is -1.82. The number of aliphatic hydroxyl groups is 1. The van der Waals surface area contributed by atoms with Crippen LogP contribution in [0.25, 0.3) is 0 Å². The summed E-state index contributed by atoms with van der Waals surface area (Å²) in [5, 5.41) is 11.1. The van der Waals surface area contributed by atoms with E-state index in [4.69, 9.17) is 21.1 Å². The molecule has 24 heavy (non-hydrogen) atoms. The maximum absolute atomic E-state index is 10.6. The van der Waals surface area contributed by atoms with E-state index in [9.17, 15) is 5.11 Å². The number of β-amino-alcohol motifs (C(OH)–C–C–N with tert-alkyl or cyclic N) is 1. The van der Waals surface area contributed by atoms with Gasteiger partial charge in [0, 0.05) is 25.2 Å². The lowest BCUT2D eigenvalue weighted by atomic mass is 9.87. The normalized spacial score (nSPS) is 23.4. The summed E-state index contributed by atoms with van der Waals surface area (Å²) in [5.41, 5.74) is 2.22. The van der Waals surface area contributed by atoms with Crippen LogP contribution in [0.4, 0.5) is 0 Å². The van der Waals surface area contributed by atoms with Crippen molar-refractivity contribution in [3.63, 3.8) is 0 Å². The summed E-state index contributed by atoms with van der Waals surface area (Å²) in [6, 6.07) is 9.73. The van der Waals surface area contributed by atoms with Crippen molar-refractivity contribution in [3.05, 3.63) is 52.8 Å². The highest BCUT2D eigenvalue weighted by Gasteiger charge is 2.30. The molecular weight excluding hydrogens is 328 g/mol. The van der Waals surface area contributed by atoms with Crippen molar-refractivity contribution in [2.24, 2.45) is 0 Å². The molecule has 0 radical (unpaired) electrons. The molecule has 0 unspecified atom stereocenters. The lowest BCUT2D eigenvalue weighted by molar-refractivity contribution is 0.0476. The van der Waals surface area contributed by atoms with Crippen molar-refractivity contribution < 1.29 is 14.6 Å². The standard InChI is InChI=1S/C18H19ClN2O3/c19-18-4-1-12(8-20-18)9-21-6-5-14(15(22)10-21)13-2-3-16-17(7-13)24-11-23-16/h1-4,7-8,14-15,22H,5-6,9-11H2/t14-,15+/m0/s1. The van der Waals surface area contributed by atoms with E-state index in [-0.39, 0.29) is 12.7 Å². The average molecular weight is 347 g/mol. The van der Waals surface area contributed by atoms with Crippen molar-refractivity contribution in [2.45, 2.75) is 25.0 Å². The molecular formula is C18H19ClN2O3. The Morgan fingerprint density at radius 1 is 1.21 bits per heavy atom. The summed E-state index contributed by atoms with van der Waals surface area (Å²) in [7, 11) is 0. The largest absolute Gasteiger partial charge is 0.454 e. The molecule has 0 saturated carbocycles. The highest BCUT2D eigenvalue weighted by atomic mass is 35.5. The highest BCUT2D eigenvalue weighted by Crippen LogP contribution is 2.37. The summed E-state index contributed by atoms with van der Waals surface area (Å²) in [4.78, 5) is 6.36. The van der Waals surface area contributed by atoms with E-state index in [1.807, 2.05) is 24.3 Å². The van der Waals surface area contributed by atoms with E-state index < -0.39 is 6.10 Å². The minimum absolute atomic E-state index is 0.124. The van der Waals surface area contributed by atoms with E-state index in [0.717, 1.165) is 42.1 Å². The number of rotatable bonds is 3. The first-order valence-electron chi connectivity index (χ1n) is 8.09. The Morgan fingerprint density at radius 3 is 2.88 bits per heavy atom. The molecule has 1 saturated heterocycles.